The number of benzene rings is 2. The molecule has 0 aliphatic rings. The van der Waals surface area contributed by atoms with Crippen molar-refractivity contribution in [3.63, 3.8) is 0 Å². The molecule has 2 rings (SSSR count). The molecule has 0 saturated carbocycles. The van der Waals surface area contributed by atoms with Gasteiger partial charge in [0.05, 0.1) is 10.6 Å². The summed E-state index contributed by atoms with van der Waals surface area (Å²) in [7, 11) is 0. The molecule has 2 nitrogen and oxygen atoms in total. The number of rotatable bonds is 6. The summed E-state index contributed by atoms with van der Waals surface area (Å²) in [6, 6.07) is 13.2. The molecule has 2 aromatic rings. The van der Waals surface area contributed by atoms with Crippen LogP contribution in [-0.4, -0.2) is 18.2 Å². The van der Waals surface area contributed by atoms with Crippen LogP contribution in [0.5, 0.6) is 0 Å². The molecule has 1 N–H and O–H groups in total. The summed E-state index contributed by atoms with van der Waals surface area (Å²) in [5.41, 5.74) is 2.75. The summed E-state index contributed by atoms with van der Waals surface area (Å²) in [6.07, 6.45) is 0. The van der Waals surface area contributed by atoms with Gasteiger partial charge >= 0.3 is 0 Å². The number of halogens is 2. The average molecular weight is 354 g/mol. The van der Waals surface area contributed by atoms with Gasteiger partial charge in [-0.1, -0.05) is 41.4 Å². The Morgan fingerprint density at radius 1 is 1.18 bits per heavy atom. The molecule has 0 aromatic heterocycles. The number of carbonyl (C=O) groups is 1. The van der Waals surface area contributed by atoms with E-state index in [-0.39, 0.29) is 5.91 Å². The van der Waals surface area contributed by atoms with Crippen LogP contribution in [0.2, 0.25) is 10.0 Å². The van der Waals surface area contributed by atoms with Crippen molar-refractivity contribution >= 4 is 40.9 Å². The highest BCUT2D eigenvalue weighted by Crippen LogP contribution is 2.18. The van der Waals surface area contributed by atoms with Crippen LogP contribution >= 0.6 is 35.0 Å². The van der Waals surface area contributed by atoms with Crippen LogP contribution in [0.1, 0.15) is 21.5 Å². The van der Waals surface area contributed by atoms with E-state index >= 15 is 0 Å². The predicted octanol–water partition coefficient (Wildman–Crippen LogP) is 4.97. The van der Waals surface area contributed by atoms with Crippen LogP contribution in [0.25, 0.3) is 0 Å². The summed E-state index contributed by atoms with van der Waals surface area (Å²) in [6.45, 7) is 2.55. The fourth-order valence-corrected chi connectivity index (χ4v) is 3.29. The normalized spacial score (nSPS) is 10.5. The Labute approximate surface area is 145 Å². The molecule has 22 heavy (non-hydrogen) atoms. The van der Waals surface area contributed by atoms with E-state index in [1.807, 2.05) is 37.3 Å². The van der Waals surface area contributed by atoms with Crippen molar-refractivity contribution in [1.82, 2.24) is 5.32 Å². The smallest absolute Gasteiger partial charge is 0.252 e. The largest absolute Gasteiger partial charge is 0.351 e. The van der Waals surface area contributed by atoms with Crippen molar-refractivity contribution in [3.05, 3.63) is 69.2 Å². The SMILES string of the molecule is Cc1ccc(C(=O)NCCSCc2cccc(Cl)c2)c(Cl)c1. The zero-order valence-electron chi connectivity index (χ0n) is 12.2. The number of carbonyl (C=O) groups excluding carboxylic acids is 1. The van der Waals surface area contributed by atoms with E-state index in [2.05, 4.69) is 5.32 Å². The van der Waals surface area contributed by atoms with Crippen molar-refractivity contribution in [2.45, 2.75) is 12.7 Å². The van der Waals surface area contributed by atoms with Crippen molar-refractivity contribution in [3.8, 4) is 0 Å². The molecule has 0 unspecified atom stereocenters. The minimum Gasteiger partial charge on any atom is -0.351 e. The maximum Gasteiger partial charge on any atom is 0.252 e. The van der Waals surface area contributed by atoms with Gasteiger partial charge in [0.15, 0.2) is 0 Å². The fraction of sp³-hybridized carbons (Fsp3) is 0.235. The standard InChI is InChI=1S/C17H17Cl2NOS/c1-12-5-6-15(16(19)9-12)17(21)20-7-8-22-11-13-3-2-4-14(18)10-13/h2-6,9-10H,7-8,11H2,1H3,(H,20,21). The molecular weight excluding hydrogens is 337 g/mol. The van der Waals surface area contributed by atoms with E-state index in [0.717, 1.165) is 22.1 Å². The molecular formula is C17H17Cl2NOS. The molecule has 0 saturated heterocycles. The molecule has 0 bridgehead atoms. The molecule has 0 atom stereocenters. The van der Waals surface area contributed by atoms with Gasteiger partial charge in [-0.2, -0.15) is 11.8 Å². The molecule has 0 spiro atoms. The minimum atomic E-state index is -0.131. The summed E-state index contributed by atoms with van der Waals surface area (Å²) in [4.78, 5) is 12.0. The third kappa shape index (κ3) is 5.24. The van der Waals surface area contributed by atoms with Crippen molar-refractivity contribution < 1.29 is 4.79 Å². The second-order valence-corrected chi connectivity index (χ2v) is 6.87. The predicted molar refractivity (Wildman–Crippen MR) is 96.1 cm³/mol. The van der Waals surface area contributed by atoms with Crippen LogP contribution in [0.4, 0.5) is 0 Å². The second kappa shape index (κ2) is 8.47. The zero-order valence-corrected chi connectivity index (χ0v) is 14.6. The number of thioether (sulfide) groups is 1. The Bertz CT molecular complexity index is 661. The molecule has 1 amide bonds. The summed E-state index contributed by atoms with van der Waals surface area (Å²) in [5, 5.41) is 4.13. The molecule has 5 heteroatoms. The quantitative estimate of drug-likeness (QED) is 0.743. The fourth-order valence-electron chi connectivity index (χ4n) is 1.95. The summed E-state index contributed by atoms with van der Waals surface area (Å²) >= 11 is 13.8. The lowest BCUT2D eigenvalue weighted by atomic mass is 10.1. The van der Waals surface area contributed by atoms with E-state index in [9.17, 15) is 4.79 Å². The van der Waals surface area contributed by atoms with Gasteiger partial charge in [-0.05, 0) is 42.3 Å². The van der Waals surface area contributed by atoms with Gasteiger partial charge in [0.25, 0.3) is 5.91 Å². The van der Waals surface area contributed by atoms with Crippen LogP contribution in [0, 0.1) is 6.92 Å². The molecule has 0 aliphatic heterocycles. The molecule has 2 aromatic carbocycles. The Hall–Kier alpha value is -1.16. The first kappa shape index (κ1) is 17.2. The lowest BCUT2D eigenvalue weighted by molar-refractivity contribution is 0.0956. The molecule has 0 aliphatic carbocycles. The average Bonchev–Trinajstić information content (AvgIpc) is 2.46. The lowest BCUT2D eigenvalue weighted by Crippen LogP contribution is -2.26. The summed E-state index contributed by atoms with van der Waals surface area (Å²) in [5.74, 6) is 1.58. The highest BCUT2D eigenvalue weighted by molar-refractivity contribution is 7.98. The van der Waals surface area contributed by atoms with Crippen LogP contribution in [0.3, 0.4) is 0 Å². The molecule has 0 fully saturated rings. The van der Waals surface area contributed by atoms with Gasteiger partial charge in [0.2, 0.25) is 0 Å². The van der Waals surface area contributed by atoms with Gasteiger partial charge in [0, 0.05) is 23.1 Å². The third-order valence-corrected chi connectivity index (χ3v) is 4.64. The van der Waals surface area contributed by atoms with E-state index in [4.69, 9.17) is 23.2 Å². The first-order chi connectivity index (χ1) is 10.6. The highest BCUT2D eigenvalue weighted by atomic mass is 35.5. The van der Waals surface area contributed by atoms with Crippen molar-refractivity contribution in [2.75, 3.05) is 12.3 Å². The lowest BCUT2D eigenvalue weighted by Gasteiger charge is -2.07. The molecule has 0 heterocycles. The van der Waals surface area contributed by atoms with Gasteiger partial charge in [-0.3, -0.25) is 4.79 Å². The monoisotopic (exact) mass is 353 g/mol. The van der Waals surface area contributed by atoms with Crippen LogP contribution in [0.15, 0.2) is 42.5 Å². The zero-order chi connectivity index (χ0) is 15.9. The second-order valence-electron chi connectivity index (χ2n) is 4.92. The molecule has 0 radical (unpaired) electrons. The Morgan fingerprint density at radius 2 is 2.00 bits per heavy atom. The van der Waals surface area contributed by atoms with Gasteiger partial charge in [-0.25, -0.2) is 0 Å². The molecule has 116 valence electrons. The maximum absolute atomic E-state index is 12.0. The van der Waals surface area contributed by atoms with Crippen LogP contribution < -0.4 is 5.32 Å². The topological polar surface area (TPSA) is 29.1 Å². The van der Waals surface area contributed by atoms with Crippen LogP contribution in [-0.2, 0) is 5.75 Å². The van der Waals surface area contributed by atoms with Gasteiger partial charge in [-0.15, -0.1) is 0 Å². The number of amides is 1. The van der Waals surface area contributed by atoms with E-state index in [0.29, 0.717) is 17.1 Å². The Kier molecular flexibility index (Phi) is 6.62. The highest BCUT2D eigenvalue weighted by Gasteiger charge is 2.09. The number of hydrogen-bond acceptors (Lipinski definition) is 2. The van der Waals surface area contributed by atoms with E-state index in [1.165, 1.54) is 5.56 Å². The number of nitrogens with one attached hydrogen (secondary N) is 1. The first-order valence-corrected chi connectivity index (χ1v) is 8.84. The first-order valence-electron chi connectivity index (χ1n) is 6.93. The Balaban J connectivity index is 1.73. The van der Waals surface area contributed by atoms with Gasteiger partial charge in [0.1, 0.15) is 0 Å². The third-order valence-electron chi connectivity index (χ3n) is 3.06. The van der Waals surface area contributed by atoms with Crippen molar-refractivity contribution in [2.24, 2.45) is 0 Å². The maximum atomic E-state index is 12.0. The van der Waals surface area contributed by atoms with Gasteiger partial charge < -0.3 is 5.32 Å². The van der Waals surface area contributed by atoms with E-state index < -0.39 is 0 Å². The number of hydrogen-bond donors (Lipinski definition) is 1. The minimum absolute atomic E-state index is 0.131. The number of aryl methyl sites for hydroxylation is 1. The van der Waals surface area contributed by atoms with E-state index in [1.54, 1.807) is 23.9 Å². The van der Waals surface area contributed by atoms with Crippen molar-refractivity contribution in [1.29, 1.82) is 0 Å². The summed E-state index contributed by atoms with van der Waals surface area (Å²) < 4.78 is 0. The Morgan fingerprint density at radius 3 is 2.73 bits per heavy atom.